The van der Waals surface area contributed by atoms with E-state index in [0.717, 1.165) is 64.0 Å². The molecule has 2 unspecified atom stereocenters. The SMILES string of the molecule is CCCC(C)OC(O)OCN1C(=O)CCc2ccc(OCCCCN3CCN(c4cccc5ccccc45)CC3)nc21. The second-order valence-corrected chi connectivity index (χ2v) is 11.2. The normalized spacial score (nSPS) is 17.4. The minimum atomic E-state index is -1.40. The molecule has 226 valence electrons. The van der Waals surface area contributed by atoms with Gasteiger partial charge < -0.3 is 24.2 Å². The molecule has 0 spiro atoms. The first-order valence-electron chi connectivity index (χ1n) is 15.3. The van der Waals surface area contributed by atoms with Crippen LogP contribution in [0, 0.1) is 0 Å². The number of nitrogens with zero attached hydrogens (tertiary/aromatic N) is 4. The van der Waals surface area contributed by atoms with Gasteiger partial charge in [-0.05, 0) is 62.2 Å². The Morgan fingerprint density at radius 1 is 0.976 bits per heavy atom. The zero-order chi connectivity index (χ0) is 29.3. The number of unbranched alkanes of at least 4 members (excludes halogenated alkanes) is 1. The summed E-state index contributed by atoms with van der Waals surface area (Å²) in [5, 5.41) is 12.7. The van der Waals surface area contributed by atoms with Gasteiger partial charge in [0, 0.05) is 49.7 Å². The number of aryl methyl sites for hydroxylation is 1. The lowest BCUT2D eigenvalue weighted by molar-refractivity contribution is -0.279. The van der Waals surface area contributed by atoms with Crippen molar-refractivity contribution in [2.75, 3.05) is 55.9 Å². The summed E-state index contributed by atoms with van der Waals surface area (Å²) in [5.41, 5.74) is 2.29. The molecular formula is C33H44N4O5. The van der Waals surface area contributed by atoms with Crippen molar-refractivity contribution in [1.82, 2.24) is 9.88 Å². The second kappa shape index (κ2) is 14.8. The largest absolute Gasteiger partial charge is 0.478 e. The fraction of sp³-hybridized carbons (Fsp3) is 0.515. The van der Waals surface area contributed by atoms with Gasteiger partial charge in [0.25, 0.3) is 6.48 Å². The molecular weight excluding hydrogens is 532 g/mol. The number of hydrogen-bond donors (Lipinski definition) is 1. The number of hydrogen-bond acceptors (Lipinski definition) is 8. The molecule has 42 heavy (non-hydrogen) atoms. The van der Waals surface area contributed by atoms with Crippen LogP contribution in [0.5, 0.6) is 5.88 Å². The molecule has 0 saturated carbocycles. The molecule has 3 heterocycles. The average molecular weight is 577 g/mol. The number of amides is 1. The third kappa shape index (κ3) is 7.77. The third-order valence-corrected chi connectivity index (χ3v) is 8.08. The molecule has 5 rings (SSSR count). The lowest BCUT2D eigenvalue weighted by Crippen LogP contribution is -2.46. The Labute approximate surface area is 249 Å². The quantitative estimate of drug-likeness (QED) is 0.213. The standard InChI is InChI=1S/C33H44N4O5/c1-3-9-25(2)42-33(39)41-24-37-31(38)17-15-27-14-16-30(34-32(27)37)40-23-7-6-18-35-19-21-36(22-20-35)29-13-8-11-26-10-4-5-12-28(26)29/h4-5,8,10-14,16,25,33,39H,3,6-7,9,15,17-24H2,1-2H3. The highest BCUT2D eigenvalue weighted by atomic mass is 16.8. The number of pyridine rings is 1. The first-order chi connectivity index (χ1) is 20.5. The molecule has 0 aliphatic carbocycles. The Bertz CT molecular complexity index is 1310. The van der Waals surface area contributed by atoms with Gasteiger partial charge in [0.05, 0.1) is 12.7 Å². The van der Waals surface area contributed by atoms with Crippen LogP contribution in [0.3, 0.4) is 0 Å². The minimum Gasteiger partial charge on any atom is -0.478 e. The van der Waals surface area contributed by atoms with Crippen molar-refractivity contribution in [1.29, 1.82) is 0 Å². The number of ether oxygens (including phenoxy) is 3. The minimum absolute atomic E-state index is 0.0958. The van der Waals surface area contributed by atoms with E-state index < -0.39 is 6.48 Å². The number of aliphatic hydroxyl groups is 1. The van der Waals surface area contributed by atoms with Crippen molar-refractivity contribution in [2.45, 2.75) is 65.0 Å². The Morgan fingerprint density at radius 3 is 2.62 bits per heavy atom. The molecule has 2 atom stereocenters. The van der Waals surface area contributed by atoms with Crippen LogP contribution in [0.25, 0.3) is 10.8 Å². The Morgan fingerprint density at radius 2 is 1.79 bits per heavy atom. The molecule has 9 nitrogen and oxygen atoms in total. The highest BCUT2D eigenvalue weighted by Gasteiger charge is 2.27. The van der Waals surface area contributed by atoms with Crippen LogP contribution < -0.4 is 14.5 Å². The number of carbonyl (C=O) groups is 1. The maximum atomic E-state index is 12.6. The molecule has 2 aromatic carbocycles. The predicted molar refractivity (Wildman–Crippen MR) is 165 cm³/mol. The highest BCUT2D eigenvalue weighted by molar-refractivity contribution is 5.95. The fourth-order valence-electron chi connectivity index (χ4n) is 5.76. The van der Waals surface area contributed by atoms with Crippen LogP contribution >= 0.6 is 0 Å². The van der Waals surface area contributed by atoms with Crippen LogP contribution in [0.1, 0.15) is 51.5 Å². The molecule has 2 aliphatic heterocycles. The van der Waals surface area contributed by atoms with E-state index in [9.17, 15) is 9.90 Å². The topological polar surface area (TPSA) is 87.6 Å². The number of fused-ring (bicyclic) bond motifs is 2. The fourth-order valence-corrected chi connectivity index (χ4v) is 5.76. The molecule has 1 N–H and O–H groups in total. The van der Waals surface area contributed by atoms with Crippen molar-refractivity contribution in [3.8, 4) is 5.88 Å². The molecule has 1 saturated heterocycles. The molecule has 1 aromatic heterocycles. The van der Waals surface area contributed by atoms with Crippen molar-refractivity contribution < 1.29 is 24.1 Å². The van der Waals surface area contributed by atoms with Crippen LogP contribution in [-0.4, -0.2) is 79.5 Å². The van der Waals surface area contributed by atoms with Gasteiger partial charge in [0.15, 0.2) is 0 Å². The van der Waals surface area contributed by atoms with E-state index in [1.165, 1.54) is 21.4 Å². The van der Waals surface area contributed by atoms with Crippen LogP contribution in [-0.2, 0) is 20.7 Å². The Kier molecular flexibility index (Phi) is 10.6. The van der Waals surface area contributed by atoms with E-state index in [2.05, 4.69) is 64.2 Å². The molecule has 9 heteroatoms. The number of carbonyl (C=O) groups excluding carboxylic acids is 1. The summed E-state index contributed by atoms with van der Waals surface area (Å²) >= 11 is 0. The summed E-state index contributed by atoms with van der Waals surface area (Å²) < 4.78 is 16.8. The Balaban J connectivity index is 1.05. The predicted octanol–water partition coefficient (Wildman–Crippen LogP) is 4.95. The van der Waals surface area contributed by atoms with Crippen molar-refractivity contribution in [3.63, 3.8) is 0 Å². The van der Waals surface area contributed by atoms with Gasteiger partial charge in [-0.15, -0.1) is 0 Å². The molecule has 1 amide bonds. The summed E-state index contributed by atoms with van der Waals surface area (Å²) in [4.78, 5) is 23.8. The zero-order valence-electron chi connectivity index (χ0n) is 24.9. The number of anilines is 2. The summed E-state index contributed by atoms with van der Waals surface area (Å²) in [6, 6.07) is 19.0. The van der Waals surface area contributed by atoms with E-state index in [1.54, 1.807) is 0 Å². The maximum absolute atomic E-state index is 12.6. The van der Waals surface area contributed by atoms with E-state index in [1.807, 2.05) is 19.1 Å². The molecule has 1 fully saturated rings. The van der Waals surface area contributed by atoms with Gasteiger partial charge in [-0.1, -0.05) is 49.7 Å². The van der Waals surface area contributed by atoms with E-state index in [-0.39, 0.29) is 18.7 Å². The van der Waals surface area contributed by atoms with Crippen molar-refractivity contribution in [3.05, 3.63) is 60.2 Å². The smallest absolute Gasteiger partial charge is 0.270 e. The highest BCUT2D eigenvalue weighted by Crippen LogP contribution is 2.29. The van der Waals surface area contributed by atoms with Gasteiger partial charge in [-0.25, -0.2) is 0 Å². The van der Waals surface area contributed by atoms with Crippen molar-refractivity contribution >= 4 is 28.2 Å². The van der Waals surface area contributed by atoms with Gasteiger partial charge in [-0.3, -0.25) is 14.6 Å². The number of aliphatic hydroxyl groups excluding tert-OH is 1. The van der Waals surface area contributed by atoms with E-state index in [0.29, 0.717) is 31.1 Å². The van der Waals surface area contributed by atoms with Gasteiger partial charge >= 0.3 is 0 Å². The molecule has 2 aliphatic rings. The van der Waals surface area contributed by atoms with Gasteiger partial charge in [-0.2, -0.15) is 4.98 Å². The van der Waals surface area contributed by atoms with Crippen LogP contribution in [0.4, 0.5) is 11.5 Å². The first kappa shape index (κ1) is 30.2. The van der Waals surface area contributed by atoms with Gasteiger partial charge in [0.2, 0.25) is 11.8 Å². The van der Waals surface area contributed by atoms with E-state index >= 15 is 0 Å². The number of rotatable bonds is 14. The van der Waals surface area contributed by atoms with Gasteiger partial charge in [0.1, 0.15) is 12.5 Å². The number of piperazine rings is 1. The second-order valence-electron chi connectivity index (χ2n) is 11.2. The number of aromatic nitrogens is 1. The van der Waals surface area contributed by atoms with Crippen molar-refractivity contribution in [2.24, 2.45) is 0 Å². The third-order valence-electron chi connectivity index (χ3n) is 8.08. The van der Waals surface area contributed by atoms with Crippen LogP contribution in [0.2, 0.25) is 0 Å². The zero-order valence-corrected chi connectivity index (χ0v) is 24.9. The lowest BCUT2D eigenvalue weighted by atomic mass is 10.1. The molecule has 0 radical (unpaired) electrons. The number of benzene rings is 2. The van der Waals surface area contributed by atoms with E-state index in [4.69, 9.17) is 14.2 Å². The lowest BCUT2D eigenvalue weighted by Gasteiger charge is -2.36. The average Bonchev–Trinajstić information content (AvgIpc) is 3.00. The summed E-state index contributed by atoms with van der Waals surface area (Å²) in [6.45, 7) is 8.19. The maximum Gasteiger partial charge on any atom is 0.270 e. The monoisotopic (exact) mass is 576 g/mol. The summed E-state index contributed by atoms with van der Waals surface area (Å²) in [7, 11) is 0. The first-order valence-corrected chi connectivity index (χ1v) is 15.3. The molecule has 0 bridgehead atoms. The molecule has 3 aromatic rings. The summed E-state index contributed by atoms with van der Waals surface area (Å²) in [5.74, 6) is 0.925. The summed E-state index contributed by atoms with van der Waals surface area (Å²) in [6.07, 6.45) is 4.60. The van der Waals surface area contributed by atoms with Crippen LogP contribution in [0.15, 0.2) is 54.6 Å². The Hall–Kier alpha value is -3.24.